The highest BCUT2D eigenvalue weighted by atomic mass is 16.3. The maximum atomic E-state index is 12.3. The summed E-state index contributed by atoms with van der Waals surface area (Å²) in [4.78, 5) is 13.9. The molecule has 0 spiro atoms. The molecule has 0 unspecified atom stereocenters. The third-order valence-electron chi connectivity index (χ3n) is 3.09. The van der Waals surface area contributed by atoms with Crippen LogP contribution in [0, 0.1) is 13.8 Å². The fourth-order valence-corrected chi connectivity index (χ4v) is 2.03. The molecule has 2 rings (SSSR count). The molecule has 0 bridgehead atoms. The number of rotatable bonds is 3. The van der Waals surface area contributed by atoms with Gasteiger partial charge in [0.1, 0.15) is 5.75 Å². The number of phenols is 1. The number of nitrogens with zero attached hydrogens (tertiary/aromatic N) is 2. The molecule has 0 saturated carbocycles. The first kappa shape index (κ1) is 13.1. The van der Waals surface area contributed by atoms with Gasteiger partial charge in [-0.3, -0.25) is 9.89 Å². The number of carbonyl (C=O) groups excluding carboxylic acids is 1. The number of benzene rings is 1. The van der Waals surface area contributed by atoms with Crippen molar-refractivity contribution in [2.24, 2.45) is 0 Å². The third-order valence-corrected chi connectivity index (χ3v) is 3.09. The zero-order valence-corrected chi connectivity index (χ0v) is 11.3. The van der Waals surface area contributed by atoms with E-state index in [2.05, 4.69) is 10.2 Å². The Morgan fingerprint density at radius 2 is 2.05 bits per heavy atom. The van der Waals surface area contributed by atoms with Crippen molar-refractivity contribution >= 4 is 5.91 Å². The van der Waals surface area contributed by atoms with E-state index in [1.807, 2.05) is 13.0 Å². The number of aromatic amines is 1. The summed E-state index contributed by atoms with van der Waals surface area (Å²) in [6.45, 7) is 3.97. The van der Waals surface area contributed by atoms with E-state index in [1.54, 1.807) is 37.1 Å². The first-order valence-corrected chi connectivity index (χ1v) is 6.04. The van der Waals surface area contributed by atoms with Gasteiger partial charge >= 0.3 is 0 Å². The molecule has 0 saturated heterocycles. The molecule has 1 aromatic heterocycles. The average molecular weight is 259 g/mol. The summed E-state index contributed by atoms with van der Waals surface area (Å²) >= 11 is 0. The summed E-state index contributed by atoms with van der Waals surface area (Å²) in [6.07, 6.45) is 0. The average Bonchev–Trinajstić information content (AvgIpc) is 2.71. The van der Waals surface area contributed by atoms with Crippen LogP contribution in [-0.2, 0) is 6.54 Å². The van der Waals surface area contributed by atoms with Crippen molar-refractivity contribution in [3.63, 3.8) is 0 Å². The molecular formula is C14H17N3O2. The summed E-state index contributed by atoms with van der Waals surface area (Å²) in [5.74, 6) is 0.0924. The van der Waals surface area contributed by atoms with E-state index < -0.39 is 0 Å². The molecule has 1 heterocycles. The molecule has 5 heteroatoms. The maximum Gasteiger partial charge on any atom is 0.257 e. The number of aromatic hydroxyl groups is 1. The normalized spacial score (nSPS) is 10.5. The second kappa shape index (κ2) is 5.14. The summed E-state index contributed by atoms with van der Waals surface area (Å²) in [5.41, 5.74) is 2.76. The lowest BCUT2D eigenvalue weighted by Crippen LogP contribution is -2.27. The van der Waals surface area contributed by atoms with Gasteiger partial charge in [-0.1, -0.05) is 18.2 Å². The number of phenolic OH excluding ortho intramolecular Hbond substituents is 1. The van der Waals surface area contributed by atoms with Gasteiger partial charge in [-0.05, 0) is 19.9 Å². The van der Waals surface area contributed by atoms with Crippen LogP contribution in [0.2, 0.25) is 0 Å². The Morgan fingerprint density at radius 1 is 1.37 bits per heavy atom. The Kier molecular flexibility index (Phi) is 3.55. The molecule has 0 fully saturated rings. The predicted molar refractivity (Wildman–Crippen MR) is 72.0 cm³/mol. The fraction of sp³-hybridized carbons (Fsp3) is 0.286. The minimum Gasteiger partial charge on any atom is -0.508 e. The third kappa shape index (κ3) is 2.59. The molecule has 2 N–H and O–H groups in total. The van der Waals surface area contributed by atoms with Gasteiger partial charge < -0.3 is 10.0 Å². The second-order valence-electron chi connectivity index (χ2n) is 4.60. The molecule has 100 valence electrons. The van der Waals surface area contributed by atoms with Gasteiger partial charge in [0, 0.05) is 24.8 Å². The molecule has 0 radical (unpaired) electrons. The van der Waals surface area contributed by atoms with Gasteiger partial charge in [0.2, 0.25) is 0 Å². The van der Waals surface area contributed by atoms with Crippen LogP contribution in [0.15, 0.2) is 24.3 Å². The Bertz CT molecular complexity index is 585. The van der Waals surface area contributed by atoms with E-state index in [0.29, 0.717) is 17.8 Å². The molecule has 5 nitrogen and oxygen atoms in total. The van der Waals surface area contributed by atoms with Gasteiger partial charge in [-0.15, -0.1) is 0 Å². The molecule has 0 atom stereocenters. The maximum absolute atomic E-state index is 12.3. The minimum atomic E-state index is -0.105. The van der Waals surface area contributed by atoms with Crippen molar-refractivity contribution in [3.05, 3.63) is 46.8 Å². The number of nitrogens with one attached hydrogen (secondary N) is 1. The number of H-pyrrole nitrogens is 1. The van der Waals surface area contributed by atoms with Crippen molar-refractivity contribution in [3.8, 4) is 5.75 Å². The van der Waals surface area contributed by atoms with Gasteiger partial charge in [0.05, 0.1) is 11.3 Å². The van der Waals surface area contributed by atoms with E-state index in [0.717, 1.165) is 11.3 Å². The molecule has 1 aromatic carbocycles. The van der Waals surface area contributed by atoms with Crippen molar-refractivity contribution in [2.75, 3.05) is 7.05 Å². The van der Waals surface area contributed by atoms with Gasteiger partial charge in [0.15, 0.2) is 0 Å². The summed E-state index contributed by atoms with van der Waals surface area (Å²) in [5, 5.41) is 16.5. The monoisotopic (exact) mass is 259 g/mol. The Hall–Kier alpha value is -2.30. The van der Waals surface area contributed by atoms with Crippen molar-refractivity contribution in [2.45, 2.75) is 20.4 Å². The van der Waals surface area contributed by atoms with Crippen LogP contribution in [0.1, 0.15) is 27.3 Å². The van der Waals surface area contributed by atoms with E-state index in [-0.39, 0.29) is 11.7 Å². The van der Waals surface area contributed by atoms with Crippen LogP contribution in [0.25, 0.3) is 0 Å². The highest BCUT2D eigenvalue weighted by Gasteiger charge is 2.19. The zero-order valence-electron chi connectivity index (χ0n) is 11.3. The Morgan fingerprint density at radius 3 is 2.63 bits per heavy atom. The summed E-state index contributed by atoms with van der Waals surface area (Å²) in [7, 11) is 1.71. The molecule has 1 amide bonds. The van der Waals surface area contributed by atoms with Crippen molar-refractivity contribution in [1.82, 2.24) is 15.1 Å². The van der Waals surface area contributed by atoms with E-state index in [1.165, 1.54) is 0 Å². The number of aryl methyl sites for hydroxylation is 2. The van der Waals surface area contributed by atoms with Crippen LogP contribution in [-0.4, -0.2) is 33.2 Å². The highest BCUT2D eigenvalue weighted by Crippen LogP contribution is 2.19. The van der Waals surface area contributed by atoms with Gasteiger partial charge in [0.25, 0.3) is 5.91 Å². The molecule has 0 aliphatic rings. The number of amides is 1. The number of para-hydroxylation sites is 1. The van der Waals surface area contributed by atoms with Crippen molar-refractivity contribution in [1.29, 1.82) is 0 Å². The SMILES string of the molecule is Cc1n[nH]c(C)c1C(=O)N(C)Cc1ccccc1O. The van der Waals surface area contributed by atoms with Gasteiger partial charge in [-0.25, -0.2) is 0 Å². The lowest BCUT2D eigenvalue weighted by molar-refractivity contribution is 0.0783. The predicted octanol–water partition coefficient (Wildman–Crippen LogP) is 2.00. The minimum absolute atomic E-state index is 0.105. The van der Waals surface area contributed by atoms with E-state index in [4.69, 9.17) is 0 Å². The van der Waals surface area contributed by atoms with Crippen LogP contribution in [0.5, 0.6) is 5.75 Å². The number of aromatic nitrogens is 2. The van der Waals surface area contributed by atoms with Crippen LogP contribution in [0.4, 0.5) is 0 Å². The molecule has 0 aliphatic carbocycles. The Labute approximate surface area is 111 Å². The van der Waals surface area contributed by atoms with Crippen LogP contribution in [0.3, 0.4) is 0 Å². The lowest BCUT2D eigenvalue weighted by atomic mass is 10.1. The Balaban J connectivity index is 2.19. The standard InChI is InChI=1S/C14H17N3O2/c1-9-13(10(2)16-15-9)14(19)17(3)8-11-6-4-5-7-12(11)18/h4-7,18H,8H2,1-3H3,(H,15,16). The molecule has 19 heavy (non-hydrogen) atoms. The number of hydrogen-bond acceptors (Lipinski definition) is 3. The van der Waals surface area contributed by atoms with Gasteiger partial charge in [-0.2, -0.15) is 5.10 Å². The zero-order chi connectivity index (χ0) is 14.0. The summed E-state index contributed by atoms with van der Waals surface area (Å²) < 4.78 is 0. The highest BCUT2D eigenvalue weighted by molar-refractivity contribution is 5.96. The molecule has 2 aromatic rings. The van der Waals surface area contributed by atoms with Crippen LogP contribution >= 0.6 is 0 Å². The second-order valence-corrected chi connectivity index (χ2v) is 4.60. The van der Waals surface area contributed by atoms with E-state index in [9.17, 15) is 9.90 Å². The number of hydrogen-bond donors (Lipinski definition) is 2. The first-order chi connectivity index (χ1) is 9.00. The number of carbonyl (C=O) groups is 1. The summed E-state index contributed by atoms with van der Waals surface area (Å²) in [6, 6.07) is 7.00. The topological polar surface area (TPSA) is 69.2 Å². The van der Waals surface area contributed by atoms with Crippen molar-refractivity contribution < 1.29 is 9.90 Å². The quantitative estimate of drug-likeness (QED) is 0.885. The van der Waals surface area contributed by atoms with E-state index >= 15 is 0 Å². The molecule has 0 aliphatic heterocycles. The lowest BCUT2D eigenvalue weighted by Gasteiger charge is -2.18. The molecular weight excluding hydrogens is 242 g/mol. The first-order valence-electron chi connectivity index (χ1n) is 6.04. The van der Waals surface area contributed by atoms with Crippen LogP contribution < -0.4 is 0 Å². The fourth-order valence-electron chi connectivity index (χ4n) is 2.03. The smallest absolute Gasteiger partial charge is 0.257 e. The largest absolute Gasteiger partial charge is 0.508 e.